The van der Waals surface area contributed by atoms with Crippen molar-refractivity contribution in [3.8, 4) is 0 Å². The summed E-state index contributed by atoms with van der Waals surface area (Å²) in [5.41, 5.74) is 2.23. The van der Waals surface area contributed by atoms with Gasteiger partial charge in [0.05, 0.1) is 19.5 Å². The van der Waals surface area contributed by atoms with E-state index in [9.17, 15) is 8.42 Å². The summed E-state index contributed by atoms with van der Waals surface area (Å²) in [6, 6.07) is 7.87. The highest BCUT2D eigenvalue weighted by atomic mass is 32.2. The van der Waals surface area contributed by atoms with Gasteiger partial charge in [0.15, 0.2) is 0 Å². The normalized spacial score (nSPS) is 20.4. The monoisotopic (exact) mass is 242 g/mol. The van der Waals surface area contributed by atoms with E-state index in [1.54, 1.807) is 0 Å². The number of hydrogen-bond acceptors (Lipinski definition) is 4. The second-order valence-electron chi connectivity index (χ2n) is 3.80. The van der Waals surface area contributed by atoms with Gasteiger partial charge in [0.2, 0.25) is 0 Å². The van der Waals surface area contributed by atoms with Crippen LogP contribution in [0.3, 0.4) is 0 Å². The van der Waals surface area contributed by atoms with Crippen molar-refractivity contribution < 1.29 is 17.3 Å². The number of fused-ring (bicyclic) bond motifs is 1. The minimum atomic E-state index is -3.41. The van der Waals surface area contributed by atoms with Gasteiger partial charge in [0.1, 0.15) is 6.10 Å². The predicted octanol–water partition coefficient (Wildman–Crippen LogP) is 1.28. The lowest BCUT2D eigenvalue weighted by Crippen LogP contribution is -2.21. The van der Waals surface area contributed by atoms with Gasteiger partial charge in [-0.25, -0.2) is 0 Å². The fourth-order valence-corrected chi connectivity index (χ4v) is 2.17. The number of rotatable bonds is 3. The smallest absolute Gasteiger partial charge is 0.264 e. The van der Waals surface area contributed by atoms with Gasteiger partial charge in [-0.1, -0.05) is 24.3 Å². The molecule has 1 heterocycles. The van der Waals surface area contributed by atoms with Crippen LogP contribution in [-0.4, -0.2) is 27.9 Å². The third-order valence-corrected chi connectivity index (χ3v) is 3.09. The topological polar surface area (TPSA) is 52.6 Å². The molecule has 0 bridgehead atoms. The van der Waals surface area contributed by atoms with Crippen LogP contribution in [0.5, 0.6) is 0 Å². The molecule has 0 N–H and O–H groups in total. The molecule has 4 nitrogen and oxygen atoms in total. The van der Waals surface area contributed by atoms with Crippen molar-refractivity contribution in [2.24, 2.45) is 0 Å². The van der Waals surface area contributed by atoms with Crippen LogP contribution in [0.1, 0.15) is 17.2 Å². The van der Waals surface area contributed by atoms with Crippen LogP contribution < -0.4 is 0 Å². The van der Waals surface area contributed by atoms with E-state index < -0.39 is 10.1 Å². The molecule has 0 amide bonds. The molecule has 0 spiro atoms. The highest BCUT2D eigenvalue weighted by molar-refractivity contribution is 7.85. The number of hydrogen-bond donors (Lipinski definition) is 0. The van der Waals surface area contributed by atoms with Crippen LogP contribution in [0, 0.1) is 0 Å². The van der Waals surface area contributed by atoms with Crippen molar-refractivity contribution >= 4 is 10.1 Å². The second kappa shape index (κ2) is 4.53. The van der Waals surface area contributed by atoms with Crippen molar-refractivity contribution in [1.29, 1.82) is 0 Å². The molecule has 1 atom stereocenters. The van der Waals surface area contributed by atoms with Gasteiger partial charge in [-0.2, -0.15) is 8.42 Å². The first-order chi connectivity index (χ1) is 7.56. The average Bonchev–Trinajstić information content (AvgIpc) is 2.25. The molecule has 0 saturated carbocycles. The quantitative estimate of drug-likeness (QED) is 0.749. The molecule has 88 valence electrons. The molecule has 5 heteroatoms. The highest BCUT2D eigenvalue weighted by Crippen LogP contribution is 2.27. The van der Waals surface area contributed by atoms with Gasteiger partial charge in [-0.3, -0.25) is 4.18 Å². The molecule has 2 rings (SSSR count). The second-order valence-corrected chi connectivity index (χ2v) is 5.44. The van der Waals surface area contributed by atoms with E-state index in [2.05, 4.69) is 0 Å². The Balaban J connectivity index is 2.13. The average molecular weight is 242 g/mol. The van der Waals surface area contributed by atoms with Crippen molar-refractivity contribution in [3.05, 3.63) is 35.4 Å². The summed E-state index contributed by atoms with van der Waals surface area (Å²) >= 11 is 0. The van der Waals surface area contributed by atoms with Gasteiger partial charge in [0.25, 0.3) is 10.1 Å². The van der Waals surface area contributed by atoms with E-state index in [1.165, 1.54) is 5.56 Å². The first-order valence-electron chi connectivity index (χ1n) is 5.10. The van der Waals surface area contributed by atoms with E-state index in [-0.39, 0.29) is 12.7 Å². The summed E-state index contributed by atoms with van der Waals surface area (Å²) in [7, 11) is -3.41. The van der Waals surface area contributed by atoms with Gasteiger partial charge in [-0.05, 0) is 17.5 Å². The lowest BCUT2D eigenvalue weighted by Gasteiger charge is -2.25. The van der Waals surface area contributed by atoms with E-state index in [1.807, 2.05) is 24.3 Å². The van der Waals surface area contributed by atoms with E-state index in [0.717, 1.165) is 18.2 Å². The summed E-state index contributed by atoms with van der Waals surface area (Å²) in [5.74, 6) is 0. The highest BCUT2D eigenvalue weighted by Gasteiger charge is 2.21. The molecule has 0 aliphatic carbocycles. The SMILES string of the molecule is CS(=O)(=O)OC[C@@H]1OCCc2ccccc21. The summed E-state index contributed by atoms with van der Waals surface area (Å²) in [5, 5.41) is 0. The maximum Gasteiger partial charge on any atom is 0.264 e. The summed E-state index contributed by atoms with van der Waals surface area (Å²) < 4.78 is 32.1. The minimum Gasteiger partial charge on any atom is -0.371 e. The van der Waals surface area contributed by atoms with Crippen LogP contribution in [0.4, 0.5) is 0 Å². The standard InChI is InChI=1S/C11H14O4S/c1-16(12,13)15-8-11-10-5-3-2-4-9(10)6-7-14-11/h2-5,11H,6-8H2,1H3/t11-/m0/s1. The van der Waals surface area contributed by atoms with Crippen molar-refractivity contribution in [2.45, 2.75) is 12.5 Å². The zero-order valence-electron chi connectivity index (χ0n) is 9.05. The first kappa shape index (κ1) is 11.6. The summed E-state index contributed by atoms with van der Waals surface area (Å²) in [6.07, 6.45) is 1.63. The summed E-state index contributed by atoms with van der Waals surface area (Å²) in [4.78, 5) is 0. The van der Waals surface area contributed by atoms with Crippen LogP contribution >= 0.6 is 0 Å². The molecule has 16 heavy (non-hydrogen) atoms. The Morgan fingerprint density at radius 1 is 1.44 bits per heavy atom. The van der Waals surface area contributed by atoms with Crippen molar-refractivity contribution in [1.82, 2.24) is 0 Å². The fraction of sp³-hybridized carbons (Fsp3) is 0.455. The number of ether oxygens (including phenoxy) is 1. The van der Waals surface area contributed by atoms with Crippen molar-refractivity contribution in [3.63, 3.8) is 0 Å². The first-order valence-corrected chi connectivity index (χ1v) is 6.92. The van der Waals surface area contributed by atoms with E-state index in [0.29, 0.717) is 6.61 Å². The van der Waals surface area contributed by atoms with Gasteiger partial charge < -0.3 is 4.74 Å². The Kier molecular flexibility index (Phi) is 3.28. The van der Waals surface area contributed by atoms with Gasteiger partial charge >= 0.3 is 0 Å². The molecule has 1 aliphatic rings. The zero-order valence-corrected chi connectivity index (χ0v) is 9.87. The molecule has 0 aromatic heterocycles. The lowest BCUT2D eigenvalue weighted by atomic mass is 9.98. The number of benzene rings is 1. The molecular weight excluding hydrogens is 228 g/mol. The minimum absolute atomic E-state index is 0.0514. The molecule has 0 saturated heterocycles. The Hall–Kier alpha value is -0.910. The molecule has 1 aromatic carbocycles. The van der Waals surface area contributed by atoms with Crippen LogP contribution in [0.25, 0.3) is 0 Å². The van der Waals surface area contributed by atoms with Gasteiger partial charge in [-0.15, -0.1) is 0 Å². The lowest BCUT2D eigenvalue weighted by molar-refractivity contribution is 0.0120. The largest absolute Gasteiger partial charge is 0.371 e. The van der Waals surface area contributed by atoms with Crippen LogP contribution in [0.15, 0.2) is 24.3 Å². The Bertz CT molecular complexity index is 467. The van der Waals surface area contributed by atoms with E-state index in [4.69, 9.17) is 8.92 Å². The Morgan fingerprint density at radius 2 is 2.19 bits per heavy atom. The van der Waals surface area contributed by atoms with Crippen molar-refractivity contribution in [2.75, 3.05) is 19.5 Å². The third-order valence-electron chi connectivity index (χ3n) is 2.53. The van der Waals surface area contributed by atoms with Crippen LogP contribution in [-0.2, 0) is 25.5 Å². The maximum atomic E-state index is 10.9. The molecule has 0 radical (unpaired) electrons. The molecule has 0 unspecified atom stereocenters. The molecule has 1 aliphatic heterocycles. The maximum absolute atomic E-state index is 10.9. The van der Waals surface area contributed by atoms with Gasteiger partial charge in [0, 0.05) is 0 Å². The molecular formula is C11H14O4S. The zero-order chi connectivity index (χ0) is 11.6. The Morgan fingerprint density at radius 3 is 2.94 bits per heavy atom. The van der Waals surface area contributed by atoms with E-state index >= 15 is 0 Å². The van der Waals surface area contributed by atoms with Crippen LogP contribution in [0.2, 0.25) is 0 Å². The predicted molar refractivity (Wildman–Crippen MR) is 59.6 cm³/mol. The third kappa shape index (κ3) is 2.81. The molecule has 1 aromatic rings. The Labute approximate surface area is 95.3 Å². The summed E-state index contributed by atoms with van der Waals surface area (Å²) in [6.45, 7) is 0.657. The fourth-order valence-electron chi connectivity index (χ4n) is 1.80. The molecule has 0 fully saturated rings.